The maximum absolute atomic E-state index is 15.3. The van der Waals surface area contributed by atoms with Gasteiger partial charge in [0.05, 0.1) is 18.2 Å². The van der Waals surface area contributed by atoms with Gasteiger partial charge >= 0.3 is 0 Å². The standard InChI is InChI=1S/C35H29N3O3/c1-41-23-17-15-21(16-18-23)29-30(22-9-3-2-4-10-22)38-35(26-12-6-8-14-28(26)37-33(35)40)34(29)20-19-25-24-11-5-7-13-27(24)36-31(25)32(34)39/h2-18,29-30,36,38H,19-20H2,1H3,(H,37,40)/t29-,30+,34+,35-/m0/s1. The molecule has 1 amide bonds. The van der Waals surface area contributed by atoms with Crippen LogP contribution in [0.1, 0.15) is 51.1 Å². The number of anilines is 1. The van der Waals surface area contributed by atoms with Crippen molar-refractivity contribution < 1.29 is 14.3 Å². The summed E-state index contributed by atoms with van der Waals surface area (Å²) in [5.74, 6) is 0.216. The Kier molecular flexibility index (Phi) is 5.10. The summed E-state index contributed by atoms with van der Waals surface area (Å²) < 4.78 is 5.49. The summed E-state index contributed by atoms with van der Waals surface area (Å²) in [5.41, 5.74) is 3.84. The Hall–Kier alpha value is -4.68. The molecule has 1 aromatic heterocycles. The molecule has 1 aliphatic carbocycles. The van der Waals surface area contributed by atoms with Crippen LogP contribution in [0.25, 0.3) is 10.9 Å². The maximum atomic E-state index is 15.3. The van der Waals surface area contributed by atoms with Crippen LogP contribution in [0.5, 0.6) is 5.75 Å². The Morgan fingerprint density at radius 1 is 0.805 bits per heavy atom. The summed E-state index contributed by atoms with van der Waals surface area (Å²) >= 11 is 0. The van der Waals surface area contributed by atoms with Crippen molar-refractivity contribution in [3.63, 3.8) is 0 Å². The number of carbonyl (C=O) groups excluding carboxylic acids is 2. The number of benzene rings is 4. The fraction of sp³-hybridized carbons (Fsp3) is 0.200. The smallest absolute Gasteiger partial charge is 0.250 e. The first-order valence-corrected chi connectivity index (χ1v) is 14.1. The van der Waals surface area contributed by atoms with Crippen molar-refractivity contribution >= 4 is 28.3 Å². The zero-order chi connectivity index (χ0) is 27.8. The van der Waals surface area contributed by atoms with Crippen LogP contribution in [-0.2, 0) is 16.8 Å². The Labute approximate surface area is 237 Å². The van der Waals surface area contributed by atoms with Crippen LogP contribution >= 0.6 is 0 Å². The molecular weight excluding hydrogens is 510 g/mol. The molecule has 1 fully saturated rings. The maximum Gasteiger partial charge on any atom is 0.250 e. The van der Waals surface area contributed by atoms with E-state index >= 15 is 4.79 Å². The molecule has 41 heavy (non-hydrogen) atoms. The average molecular weight is 540 g/mol. The lowest BCUT2D eigenvalue weighted by molar-refractivity contribution is -0.125. The number of methoxy groups -OCH3 is 1. The predicted molar refractivity (Wildman–Crippen MR) is 158 cm³/mol. The molecule has 6 nitrogen and oxygen atoms in total. The number of carbonyl (C=O) groups is 2. The number of aromatic nitrogens is 1. The number of Topliss-reactive ketones (excluding diaryl/α,β-unsaturated/α-hetero) is 1. The van der Waals surface area contributed by atoms with Crippen molar-refractivity contribution in [2.24, 2.45) is 5.41 Å². The molecule has 0 saturated carbocycles. The van der Waals surface area contributed by atoms with Gasteiger partial charge in [-0.15, -0.1) is 0 Å². The van der Waals surface area contributed by atoms with Gasteiger partial charge in [-0.3, -0.25) is 14.9 Å². The number of aromatic amines is 1. The first kappa shape index (κ1) is 24.1. The fourth-order valence-corrected chi connectivity index (χ4v) is 8.00. The van der Waals surface area contributed by atoms with Gasteiger partial charge in [-0.25, -0.2) is 0 Å². The third-order valence-corrected chi connectivity index (χ3v) is 9.67. The zero-order valence-corrected chi connectivity index (χ0v) is 22.6. The number of fused-ring (bicyclic) bond motifs is 6. The van der Waals surface area contributed by atoms with E-state index in [4.69, 9.17) is 4.74 Å². The van der Waals surface area contributed by atoms with Crippen molar-refractivity contribution in [3.8, 4) is 5.75 Å². The fourth-order valence-electron chi connectivity index (χ4n) is 8.00. The summed E-state index contributed by atoms with van der Waals surface area (Å²) in [4.78, 5) is 33.3. The van der Waals surface area contributed by atoms with E-state index in [1.54, 1.807) is 7.11 Å². The Morgan fingerprint density at radius 2 is 1.54 bits per heavy atom. The topological polar surface area (TPSA) is 83.2 Å². The lowest BCUT2D eigenvalue weighted by Gasteiger charge is -2.46. The lowest BCUT2D eigenvalue weighted by Crippen LogP contribution is -2.59. The highest BCUT2D eigenvalue weighted by Gasteiger charge is 2.74. The summed E-state index contributed by atoms with van der Waals surface area (Å²) in [6, 6.07) is 33.8. The van der Waals surface area contributed by atoms with E-state index in [1.165, 1.54) is 0 Å². The van der Waals surface area contributed by atoms with Gasteiger partial charge in [0.25, 0.3) is 0 Å². The Bertz CT molecular complexity index is 1840. The van der Waals surface area contributed by atoms with Crippen LogP contribution in [0, 0.1) is 5.41 Å². The first-order valence-electron chi connectivity index (χ1n) is 14.1. The van der Waals surface area contributed by atoms with E-state index in [0.717, 1.165) is 44.6 Å². The molecule has 0 bridgehead atoms. The van der Waals surface area contributed by atoms with Crippen LogP contribution in [0.3, 0.4) is 0 Å². The summed E-state index contributed by atoms with van der Waals surface area (Å²) in [6.45, 7) is 0. The average Bonchev–Trinajstić information content (AvgIpc) is 3.65. The van der Waals surface area contributed by atoms with Crippen LogP contribution in [-0.4, -0.2) is 23.8 Å². The van der Waals surface area contributed by atoms with E-state index in [2.05, 4.69) is 45.9 Å². The largest absolute Gasteiger partial charge is 0.497 e. The summed E-state index contributed by atoms with van der Waals surface area (Å²) in [7, 11) is 1.65. The molecule has 1 saturated heterocycles. The summed E-state index contributed by atoms with van der Waals surface area (Å²) in [6.07, 6.45) is 1.20. The van der Waals surface area contributed by atoms with E-state index in [0.29, 0.717) is 18.5 Å². The number of rotatable bonds is 3. The van der Waals surface area contributed by atoms with Gasteiger partial charge in [-0.05, 0) is 53.8 Å². The minimum absolute atomic E-state index is 0.0199. The number of hydrogen-bond acceptors (Lipinski definition) is 4. The lowest BCUT2D eigenvalue weighted by atomic mass is 9.53. The molecule has 3 heterocycles. The quantitative estimate of drug-likeness (QED) is 0.252. The van der Waals surface area contributed by atoms with Gasteiger partial charge in [-0.2, -0.15) is 0 Å². The Morgan fingerprint density at radius 3 is 2.34 bits per heavy atom. The van der Waals surface area contributed by atoms with Crippen LogP contribution in [0.2, 0.25) is 0 Å². The highest BCUT2D eigenvalue weighted by atomic mass is 16.5. The van der Waals surface area contributed by atoms with Crippen molar-refractivity contribution in [2.45, 2.75) is 30.3 Å². The number of hydrogen-bond donors (Lipinski definition) is 3. The predicted octanol–water partition coefficient (Wildman–Crippen LogP) is 6.27. The molecular formula is C35H29N3O3. The normalized spacial score (nSPS) is 26.4. The van der Waals surface area contributed by atoms with E-state index in [-0.39, 0.29) is 23.7 Å². The number of para-hydroxylation sites is 2. The highest BCUT2D eigenvalue weighted by Crippen LogP contribution is 2.67. The van der Waals surface area contributed by atoms with Gasteiger partial charge in [0.15, 0.2) is 5.78 Å². The molecule has 4 aromatic carbocycles. The molecule has 2 aliphatic heterocycles. The van der Waals surface area contributed by atoms with Gasteiger partial charge in [0.2, 0.25) is 5.91 Å². The molecule has 8 rings (SSSR count). The number of H-pyrrole nitrogens is 1. The van der Waals surface area contributed by atoms with Gasteiger partial charge in [0, 0.05) is 34.1 Å². The second kappa shape index (κ2) is 8.66. The SMILES string of the molecule is COc1ccc([C@H]2[C@@H](c3ccccc3)N[C@@]3(C(=O)Nc4ccccc43)[C@]23CCc2c([nH]c4ccccc24)C3=O)cc1. The third-order valence-electron chi connectivity index (χ3n) is 9.67. The number of ketones is 1. The monoisotopic (exact) mass is 539 g/mol. The van der Waals surface area contributed by atoms with Crippen molar-refractivity contribution in [3.05, 3.63) is 131 Å². The first-order chi connectivity index (χ1) is 20.1. The third kappa shape index (κ3) is 3.05. The van der Waals surface area contributed by atoms with Gasteiger partial charge < -0.3 is 15.0 Å². The van der Waals surface area contributed by atoms with Crippen molar-refractivity contribution in [1.29, 1.82) is 0 Å². The van der Waals surface area contributed by atoms with Crippen LogP contribution in [0.15, 0.2) is 103 Å². The molecule has 202 valence electrons. The van der Waals surface area contributed by atoms with Crippen LogP contribution in [0.4, 0.5) is 5.69 Å². The number of amides is 1. The zero-order valence-electron chi connectivity index (χ0n) is 22.6. The van der Waals surface area contributed by atoms with Gasteiger partial charge in [0.1, 0.15) is 11.3 Å². The second-order valence-electron chi connectivity index (χ2n) is 11.4. The molecule has 3 N–H and O–H groups in total. The number of nitrogens with one attached hydrogen (secondary N) is 3. The number of ether oxygens (including phenoxy) is 1. The molecule has 4 atom stereocenters. The second-order valence-corrected chi connectivity index (χ2v) is 11.4. The van der Waals surface area contributed by atoms with Gasteiger partial charge in [-0.1, -0.05) is 78.9 Å². The molecule has 6 heteroatoms. The molecule has 5 aromatic rings. The van der Waals surface area contributed by atoms with Crippen LogP contribution < -0.4 is 15.4 Å². The minimum Gasteiger partial charge on any atom is -0.497 e. The molecule has 3 aliphatic rings. The minimum atomic E-state index is -1.26. The van der Waals surface area contributed by atoms with Crippen molar-refractivity contribution in [2.75, 3.05) is 12.4 Å². The molecule has 0 unspecified atom stereocenters. The molecule has 2 spiro atoms. The Balaban J connectivity index is 1.45. The van der Waals surface area contributed by atoms with Crippen molar-refractivity contribution in [1.82, 2.24) is 10.3 Å². The molecule has 0 radical (unpaired) electrons. The van der Waals surface area contributed by atoms with E-state index in [1.807, 2.05) is 72.8 Å². The highest BCUT2D eigenvalue weighted by molar-refractivity contribution is 6.16. The van der Waals surface area contributed by atoms with E-state index < -0.39 is 11.0 Å². The summed E-state index contributed by atoms with van der Waals surface area (Å²) in [5, 5.41) is 8.07. The number of aryl methyl sites for hydroxylation is 1. The van der Waals surface area contributed by atoms with E-state index in [9.17, 15) is 4.79 Å².